The van der Waals surface area contributed by atoms with Crippen LogP contribution in [0.4, 0.5) is 5.69 Å². The Morgan fingerprint density at radius 3 is 2.50 bits per heavy atom. The third kappa shape index (κ3) is 2.97. The van der Waals surface area contributed by atoms with Crippen LogP contribution in [-0.2, 0) is 13.0 Å². The smallest absolute Gasteiger partial charge is 0.137 e. The molecule has 114 valence electrons. The highest BCUT2D eigenvalue weighted by Gasteiger charge is 2.13. The highest BCUT2D eigenvalue weighted by molar-refractivity contribution is 5.51. The monoisotopic (exact) mass is 294 g/mol. The minimum Gasteiger partial charge on any atom is -0.398 e. The van der Waals surface area contributed by atoms with Gasteiger partial charge in [0.25, 0.3) is 0 Å². The van der Waals surface area contributed by atoms with Crippen molar-refractivity contribution < 1.29 is 0 Å². The first kappa shape index (κ1) is 14.6. The molecular weight excluding hydrogens is 272 g/mol. The first-order chi connectivity index (χ1) is 10.5. The summed E-state index contributed by atoms with van der Waals surface area (Å²) in [5.41, 5.74) is 12.5. The summed E-state index contributed by atoms with van der Waals surface area (Å²) in [5.74, 6) is 0. The molecule has 22 heavy (non-hydrogen) atoms. The van der Waals surface area contributed by atoms with Crippen LogP contribution in [0.15, 0.2) is 42.6 Å². The van der Waals surface area contributed by atoms with Crippen LogP contribution in [0.5, 0.6) is 0 Å². The first-order valence-electron chi connectivity index (χ1n) is 7.48. The van der Waals surface area contributed by atoms with Gasteiger partial charge in [-0.1, -0.05) is 29.8 Å². The highest BCUT2D eigenvalue weighted by Crippen LogP contribution is 2.19. The molecule has 0 fully saturated rings. The predicted octanol–water partition coefficient (Wildman–Crippen LogP) is 2.88. The van der Waals surface area contributed by atoms with Crippen molar-refractivity contribution in [3.8, 4) is 0 Å². The Morgan fingerprint density at radius 1 is 1.09 bits per heavy atom. The van der Waals surface area contributed by atoms with E-state index < -0.39 is 0 Å². The fourth-order valence-electron chi connectivity index (χ4n) is 2.67. The number of nitrogens with two attached hydrogens (primary N) is 1. The van der Waals surface area contributed by atoms with E-state index in [2.05, 4.69) is 54.6 Å². The van der Waals surface area contributed by atoms with Gasteiger partial charge < -0.3 is 15.0 Å². The second kappa shape index (κ2) is 5.81. The number of anilines is 1. The van der Waals surface area contributed by atoms with E-state index in [9.17, 15) is 0 Å². The molecule has 0 aliphatic heterocycles. The third-order valence-electron chi connectivity index (χ3n) is 3.78. The van der Waals surface area contributed by atoms with Crippen molar-refractivity contribution in [3.05, 3.63) is 65.1 Å². The van der Waals surface area contributed by atoms with Gasteiger partial charge in [-0.2, -0.15) is 0 Å². The lowest BCUT2D eigenvalue weighted by Gasteiger charge is -2.11. The molecule has 0 saturated heterocycles. The van der Waals surface area contributed by atoms with Gasteiger partial charge >= 0.3 is 0 Å². The van der Waals surface area contributed by atoms with Crippen molar-refractivity contribution in [2.75, 3.05) is 19.8 Å². The molecule has 2 N–H and O–H groups in total. The van der Waals surface area contributed by atoms with Crippen LogP contribution < -0.4 is 5.73 Å². The molecule has 4 heteroatoms. The number of aromatic nitrogens is 2. The fraction of sp³-hybridized carbons (Fsp3) is 0.278. The quantitative estimate of drug-likeness (QED) is 0.805. The number of hydrogen-bond donors (Lipinski definition) is 1. The topological polar surface area (TPSA) is 46.6 Å². The van der Waals surface area contributed by atoms with Crippen molar-refractivity contribution in [2.45, 2.75) is 19.9 Å². The lowest BCUT2D eigenvalue weighted by atomic mass is 10.1. The van der Waals surface area contributed by atoms with Crippen LogP contribution in [0.3, 0.4) is 0 Å². The summed E-state index contributed by atoms with van der Waals surface area (Å²) in [5, 5.41) is 0. The molecular formula is C18H22N4. The van der Waals surface area contributed by atoms with Gasteiger partial charge in [-0.15, -0.1) is 0 Å². The molecule has 1 aromatic carbocycles. The van der Waals surface area contributed by atoms with E-state index in [1.54, 1.807) is 0 Å². The zero-order valence-electron chi connectivity index (χ0n) is 13.4. The number of imidazole rings is 1. The molecule has 0 spiro atoms. The maximum absolute atomic E-state index is 5.94. The van der Waals surface area contributed by atoms with E-state index in [0.717, 1.165) is 30.0 Å². The van der Waals surface area contributed by atoms with Crippen molar-refractivity contribution in [1.82, 2.24) is 14.3 Å². The van der Waals surface area contributed by atoms with E-state index >= 15 is 0 Å². The van der Waals surface area contributed by atoms with Gasteiger partial charge in [-0.05, 0) is 38.7 Å². The molecule has 3 rings (SSSR count). The summed E-state index contributed by atoms with van der Waals surface area (Å²) in [4.78, 5) is 6.96. The highest BCUT2D eigenvalue weighted by atomic mass is 15.1. The Kier molecular flexibility index (Phi) is 3.86. The van der Waals surface area contributed by atoms with Gasteiger partial charge in [0.15, 0.2) is 0 Å². The van der Waals surface area contributed by atoms with Crippen LogP contribution >= 0.6 is 0 Å². The normalized spacial score (nSPS) is 11.5. The Morgan fingerprint density at radius 2 is 1.82 bits per heavy atom. The lowest BCUT2D eigenvalue weighted by Crippen LogP contribution is -2.14. The number of nitrogens with zero attached hydrogens (tertiary/aromatic N) is 3. The van der Waals surface area contributed by atoms with Gasteiger partial charge in [0.05, 0.1) is 11.4 Å². The number of rotatable bonds is 4. The van der Waals surface area contributed by atoms with Crippen molar-refractivity contribution in [2.24, 2.45) is 0 Å². The summed E-state index contributed by atoms with van der Waals surface area (Å²) >= 11 is 0. The number of hydrogen-bond acceptors (Lipinski definition) is 3. The molecule has 3 aromatic rings. The van der Waals surface area contributed by atoms with E-state index in [1.807, 2.05) is 18.3 Å². The number of benzene rings is 1. The predicted molar refractivity (Wildman–Crippen MR) is 91.0 cm³/mol. The van der Waals surface area contributed by atoms with Crippen molar-refractivity contribution >= 4 is 11.3 Å². The Labute approximate surface area is 131 Å². The Hall–Kier alpha value is -2.33. The number of aryl methyl sites for hydroxylation is 1. The van der Waals surface area contributed by atoms with Crippen molar-refractivity contribution in [3.63, 3.8) is 0 Å². The molecule has 0 unspecified atom stereocenters. The van der Waals surface area contributed by atoms with Crippen LogP contribution in [0.2, 0.25) is 0 Å². The SMILES string of the molecule is Cc1ccc(Cc2nc3ccc(N)cn3c2CN(C)C)cc1. The molecule has 0 bridgehead atoms. The van der Waals surface area contributed by atoms with Crippen LogP contribution in [-0.4, -0.2) is 28.4 Å². The molecule has 0 radical (unpaired) electrons. The zero-order valence-corrected chi connectivity index (χ0v) is 13.4. The van der Waals surface area contributed by atoms with Crippen LogP contribution in [0, 0.1) is 6.92 Å². The molecule has 2 heterocycles. The molecule has 0 saturated carbocycles. The van der Waals surface area contributed by atoms with E-state index in [1.165, 1.54) is 16.8 Å². The van der Waals surface area contributed by atoms with E-state index in [0.29, 0.717) is 0 Å². The van der Waals surface area contributed by atoms with Gasteiger partial charge in [0, 0.05) is 24.8 Å². The minimum absolute atomic E-state index is 0.756. The van der Waals surface area contributed by atoms with Gasteiger partial charge in [0.2, 0.25) is 0 Å². The van der Waals surface area contributed by atoms with Gasteiger partial charge in [-0.25, -0.2) is 4.98 Å². The van der Waals surface area contributed by atoms with Gasteiger partial charge in [0.1, 0.15) is 5.65 Å². The maximum Gasteiger partial charge on any atom is 0.137 e. The average molecular weight is 294 g/mol. The number of fused-ring (bicyclic) bond motifs is 1. The Balaban J connectivity index is 2.05. The minimum atomic E-state index is 0.756. The largest absolute Gasteiger partial charge is 0.398 e. The molecule has 4 nitrogen and oxygen atoms in total. The van der Waals surface area contributed by atoms with Crippen LogP contribution in [0.25, 0.3) is 5.65 Å². The molecule has 0 atom stereocenters. The summed E-state index contributed by atoms with van der Waals surface area (Å²) < 4.78 is 2.11. The first-order valence-corrected chi connectivity index (χ1v) is 7.48. The maximum atomic E-state index is 5.94. The summed E-state index contributed by atoms with van der Waals surface area (Å²) in [6.45, 7) is 2.95. The second-order valence-corrected chi connectivity index (χ2v) is 6.10. The standard InChI is InChI=1S/C18H22N4/c1-13-4-6-14(7-5-13)10-16-17(12-21(2)3)22-11-15(19)8-9-18(22)20-16/h4-9,11H,10,12,19H2,1-3H3. The summed E-state index contributed by atoms with van der Waals surface area (Å²) in [6, 6.07) is 12.5. The fourth-order valence-corrected chi connectivity index (χ4v) is 2.67. The zero-order chi connectivity index (χ0) is 15.7. The van der Waals surface area contributed by atoms with E-state index in [-0.39, 0.29) is 0 Å². The van der Waals surface area contributed by atoms with E-state index in [4.69, 9.17) is 10.7 Å². The average Bonchev–Trinajstić information content (AvgIpc) is 2.78. The van der Waals surface area contributed by atoms with Crippen LogP contribution in [0.1, 0.15) is 22.5 Å². The molecule has 0 amide bonds. The Bertz CT molecular complexity index is 785. The van der Waals surface area contributed by atoms with Gasteiger partial charge in [-0.3, -0.25) is 0 Å². The lowest BCUT2D eigenvalue weighted by molar-refractivity contribution is 0.394. The molecule has 2 aromatic heterocycles. The number of pyridine rings is 1. The molecule has 0 aliphatic rings. The summed E-state index contributed by atoms with van der Waals surface area (Å²) in [7, 11) is 4.14. The third-order valence-corrected chi connectivity index (χ3v) is 3.78. The second-order valence-electron chi connectivity index (χ2n) is 6.10. The number of nitrogen functional groups attached to an aromatic ring is 1. The van der Waals surface area contributed by atoms with Crippen molar-refractivity contribution in [1.29, 1.82) is 0 Å². The molecule has 0 aliphatic carbocycles. The summed E-state index contributed by atoms with van der Waals surface area (Å²) in [6.07, 6.45) is 2.80.